The Morgan fingerprint density at radius 2 is 2.22 bits per heavy atom. The number of fused-ring (bicyclic) bond motifs is 1. The lowest BCUT2D eigenvalue weighted by Crippen LogP contribution is -2.45. The summed E-state index contributed by atoms with van der Waals surface area (Å²) in [6.45, 7) is 1.80. The van der Waals surface area contributed by atoms with Crippen molar-refractivity contribution in [2.24, 2.45) is 7.05 Å². The van der Waals surface area contributed by atoms with Crippen molar-refractivity contribution in [2.45, 2.75) is 25.6 Å². The van der Waals surface area contributed by atoms with Crippen molar-refractivity contribution in [3.8, 4) is 0 Å². The van der Waals surface area contributed by atoms with Crippen LogP contribution in [0, 0.1) is 0 Å². The molecular formula is C19H22N6O2. The normalized spacial score (nSPS) is 17.2. The Hall–Kier alpha value is -3.00. The van der Waals surface area contributed by atoms with Crippen LogP contribution in [0.25, 0.3) is 11.0 Å². The maximum absolute atomic E-state index is 12.7. The number of benzene rings is 1. The molecule has 0 aliphatic carbocycles. The Bertz CT molecular complexity index is 926. The first kappa shape index (κ1) is 17.4. The van der Waals surface area contributed by atoms with Crippen LogP contribution in [0.5, 0.6) is 0 Å². The molecule has 1 aliphatic heterocycles. The standard InChI is InChI=1S/C19H22N6O2/c1-24-22-17-8-2-7-16(18(17)23-24)21-19(26)25-10-4-6-15(12-25)27-13-14-5-3-9-20-11-14/h2-3,5,7-9,11,15H,4,6,10,12-13H2,1H3,(H,21,26)/t15-/m1/s1. The molecule has 1 atom stereocenters. The van der Waals surface area contributed by atoms with Crippen LogP contribution in [0.2, 0.25) is 0 Å². The van der Waals surface area contributed by atoms with Gasteiger partial charge in [0.15, 0.2) is 0 Å². The number of piperidine rings is 1. The number of aryl methyl sites for hydroxylation is 1. The van der Waals surface area contributed by atoms with Gasteiger partial charge in [-0.2, -0.15) is 15.0 Å². The highest BCUT2D eigenvalue weighted by Crippen LogP contribution is 2.21. The first-order chi connectivity index (χ1) is 13.2. The third-order valence-corrected chi connectivity index (χ3v) is 4.63. The summed E-state index contributed by atoms with van der Waals surface area (Å²) in [4.78, 5) is 20.1. The number of rotatable bonds is 4. The van der Waals surface area contributed by atoms with E-state index in [0.29, 0.717) is 24.4 Å². The van der Waals surface area contributed by atoms with Gasteiger partial charge in [-0.15, -0.1) is 0 Å². The quantitative estimate of drug-likeness (QED) is 0.767. The minimum Gasteiger partial charge on any atom is -0.372 e. The molecule has 0 spiro atoms. The molecule has 1 saturated heterocycles. The number of hydrogen-bond donors (Lipinski definition) is 1. The highest BCUT2D eigenvalue weighted by atomic mass is 16.5. The molecule has 2 aromatic heterocycles. The maximum atomic E-state index is 12.7. The number of pyridine rings is 1. The highest BCUT2D eigenvalue weighted by molar-refractivity contribution is 5.98. The zero-order chi connectivity index (χ0) is 18.6. The number of likely N-dealkylation sites (tertiary alicyclic amines) is 1. The fraction of sp³-hybridized carbons (Fsp3) is 0.368. The average Bonchev–Trinajstić information content (AvgIpc) is 3.09. The van der Waals surface area contributed by atoms with Crippen LogP contribution in [0.1, 0.15) is 18.4 Å². The number of carbonyl (C=O) groups is 1. The predicted octanol–water partition coefficient (Wildman–Crippen LogP) is 2.58. The van der Waals surface area contributed by atoms with E-state index in [4.69, 9.17) is 4.74 Å². The van der Waals surface area contributed by atoms with E-state index in [1.807, 2.05) is 30.3 Å². The van der Waals surface area contributed by atoms with Crippen molar-refractivity contribution in [1.29, 1.82) is 0 Å². The lowest BCUT2D eigenvalue weighted by Gasteiger charge is -2.32. The van der Waals surface area contributed by atoms with E-state index in [1.54, 1.807) is 24.3 Å². The Morgan fingerprint density at radius 3 is 3.07 bits per heavy atom. The smallest absolute Gasteiger partial charge is 0.321 e. The van der Waals surface area contributed by atoms with Crippen LogP contribution in [-0.2, 0) is 18.4 Å². The van der Waals surface area contributed by atoms with Gasteiger partial charge in [0.1, 0.15) is 11.0 Å². The summed E-state index contributed by atoms with van der Waals surface area (Å²) in [5.74, 6) is 0. The second-order valence-electron chi connectivity index (χ2n) is 6.68. The van der Waals surface area contributed by atoms with E-state index in [2.05, 4.69) is 20.5 Å². The van der Waals surface area contributed by atoms with Crippen LogP contribution < -0.4 is 5.32 Å². The topological polar surface area (TPSA) is 85.2 Å². The molecule has 4 rings (SSSR count). The Labute approximate surface area is 157 Å². The van der Waals surface area contributed by atoms with E-state index >= 15 is 0 Å². The minimum atomic E-state index is -0.136. The minimum absolute atomic E-state index is 0.0250. The number of aromatic nitrogens is 4. The monoisotopic (exact) mass is 366 g/mol. The molecule has 3 aromatic rings. The summed E-state index contributed by atoms with van der Waals surface area (Å²) in [7, 11) is 1.76. The second-order valence-corrected chi connectivity index (χ2v) is 6.68. The zero-order valence-electron chi connectivity index (χ0n) is 15.2. The Morgan fingerprint density at radius 1 is 1.30 bits per heavy atom. The van der Waals surface area contributed by atoms with Gasteiger partial charge in [-0.25, -0.2) is 4.79 Å². The van der Waals surface area contributed by atoms with Crippen LogP contribution in [0.4, 0.5) is 10.5 Å². The third kappa shape index (κ3) is 4.06. The molecular weight excluding hydrogens is 344 g/mol. The van der Waals surface area contributed by atoms with Gasteiger partial charge in [-0.3, -0.25) is 4.98 Å². The van der Waals surface area contributed by atoms with Crippen molar-refractivity contribution >= 4 is 22.8 Å². The summed E-state index contributed by atoms with van der Waals surface area (Å²) in [6.07, 6.45) is 5.43. The fourth-order valence-corrected chi connectivity index (χ4v) is 3.29. The van der Waals surface area contributed by atoms with Gasteiger partial charge in [0.25, 0.3) is 0 Å². The van der Waals surface area contributed by atoms with Crippen LogP contribution >= 0.6 is 0 Å². The lowest BCUT2D eigenvalue weighted by molar-refractivity contribution is 0.000919. The summed E-state index contributed by atoms with van der Waals surface area (Å²) >= 11 is 0. The SMILES string of the molecule is Cn1nc2cccc(NC(=O)N3CCC[C@@H](OCc4cccnc4)C3)c2n1. The maximum Gasteiger partial charge on any atom is 0.321 e. The van der Waals surface area contributed by atoms with Crippen molar-refractivity contribution < 1.29 is 9.53 Å². The molecule has 0 radical (unpaired) electrons. The predicted molar refractivity (Wildman–Crippen MR) is 101 cm³/mol. The van der Waals surface area contributed by atoms with Crippen molar-refractivity contribution in [3.05, 3.63) is 48.3 Å². The van der Waals surface area contributed by atoms with Crippen molar-refractivity contribution in [1.82, 2.24) is 24.9 Å². The first-order valence-electron chi connectivity index (χ1n) is 9.05. The van der Waals surface area contributed by atoms with E-state index < -0.39 is 0 Å². The number of nitrogens with one attached hydrogen (secondary N) is 1. The van der Waals surface area contributed by atoms with E-state index in [-0.39, 0.29) is 12.1 Å². The summed E-state index contributed by atoms with van der Waals surface area (Å²) in [6, 6.07) is 9.33. The molecule has 1 N–H and O–H groups in total. The number of carbonyl (C=O) groups excluding carboxylic acids is 1. The Balaban J connectivity index is 1.38. The molecule has 140 valence electrons. The molecule has 8 nitrogen and oxygen atoms in total. The average molecular weight is 366 g/mol. The highest BCUT2D eigenvalue weighted by Gasteiger charge is 2.25. The molecule has 1 fully saturated rings. The van der Waals surface area contributed by atoms with Gasteiger partial charge in [0, 0.05) is 32.5 Å². The molecule has 1 aromatic carbocycles. The summed E-state index contributed by atoms with van der Waals surface area (Å²) in [5.41, 5.74) is 3.15. The molecule has 3 heterocycles. The Kier molecular flexibility index (Phi) is 4.97. The van der Waals surface area contributed by atoms with Gasteiger partial charge in [0.05, 0.1) is 18.4 Å². The van der Waals surface area contributed by atoms with Crippen LogP contribution in [0.15, 0.2) is 42.7 Å². The molecule has 27 heavy (non-hydrogen) atoms. The number of ether oxygens (including phenoxy) is 1. The van der Waals surface area contributed by atoms with Crippen LogP contribution in [0.3, 0.4) is 0 Å². The first-order valence-corrected chi connectivity index (χ1v) is 9.05. The van der Waals surface area contributed by atoms with Gasteiger partial charge < -0.3 is 15.0 Å². The number of hydrogen-bond acceptors (Lipinski definition) is 5. The van der Waals surface area contributed by atoms with E-state index in [0.717, 1.165) is 30.5 Å². The van der Waals surface area contributed by atoms with Gasteiger partial charge in [0.2, 0.25) is 0 Å². The van der Waals surface area contributed by atoms with Crippen molar-refractivity contribution in [3.63, 3.8) is 0 Å². The largest absolute Gasteiger partial charge is 0.372 e. The molecule has 1 aliphatic rings. The summed E-state index contributed by atoms with van der Waals surface area (Å²) < 4.78 is 5.99. The van der Waals surface area contributed by atoms with Gasteiger partial charge in [-0.05, 0) is 36.6 Å². The third-order valence-electron chi connectivity index (χ3n) is 4.63. The van der Waals surface area contributed by atoms with E-state index in [1.165, 1.54) is 4.80 Å². The van der Waals surface area contributed by atoms with Crippen molar-refractivity contribution in [2.75, 3.05) is 18.4 Å². The van der Waals surface area contributed by atoms with Gasteiger partial charge >= 0.3 is 6.03 Å². The molecule has 8 heteroatoms. The molecule has 0 unspecified atom stereocenters. The number of anilines is 1. The van der Waals surface area contributed by atoms with E-state index in [9.17, 15) is 4.79 Å². The van der Waals surface area contributed by atoms with Crippen LogP contribution in [-0.4, -0.2) is 50.1 Å². The summed E-state index contributed by atoms with van der Waals surface area (Å²) in [5, 5.41) is 11.6. The number of amides is 2. The molecule has 0 bridgehead atoms. The lowest BCUT2D eigenvalue weighted by atomic mass is 10.1. The fourth-order valence-electron chi connectivity index (χ4n) is 3.29. The van der Waals surface area contributed by atoms with Gasteiger partial charge in [-0.1, -0.05) is 12.1 Å². The number of urea groups is 1. The molecule has 0 saturated carbocycles. The zero-order valence-corrected chi connectivity index (χ0v) is 15.2. The number of nitrogens with zero attached hydrogens (tertiary/aromatic N) is 5. The molecule has 2 amide bonds. The second kappa shape index (κ2) is 7.71.